The summed E-state index contributed by atoms with van der Waals surface area (Å²) in [6.07, 6.45) is 3.12. The number of amides is 3. The Morgan fingerprint density at radius 3 is 2.73 bits per heavy atom. The molecule has 6 heteroatoms. The Hall–Kier alpha value is -1.14. The van der Waals surface area contributed by atoms with Crippen molar-refractivity contribution in [3.8, 4) is 0 Å². The number of urea groups is 1. The molecule has 0 unspecified atom stereocenters. The fourth-order valence-corrected chi connectivity index (χ4v) is 4.52. The third kappa shape index (κ3) is 2.86. The molecule has 1 aliphatic carbocycles. The molecule has 3 amide bonds. The molecule has 0 aromatic carbocycles. The molecular weight excluding hydrogens is 284 g/mol. The van der Waals surface area contributed by atoms with Crippen LogP contribution in [0, 0.1) is 11.3 Å². The number of carbonyl (C=O) groups is 2. The van der Waals surface area contributed by atoms with Gasteiger partial charge in [0.15, 0.2) is 0 Å². The molecule has 0 aromatic rings. The molecule has 2 aliphatic heterocycles. The molecule has 0 bridgehead atoms. The lowest BCUT2D eigenvalue weighted by atomic mass is 9.64. The minimum absolute atomic E-state index is 0.0613. The molecule has 0 radical (unpaired) electrons. The fraction of sp³-hybridized carbons (Fsp3) is 0.875. The standard InChI is InChI=1S/C16H26N2O4/c1-11-6-15(2,3)9-16(7-11)13(19)18(14(20)17-16)8-12-4-5-21-10-22-12/h11-12H,4-10H2,1-3H3,(H,17,20)/t11-,12+,16+/m1/s1. The first-order valence-corrected chi connectivity index (χ1v) is 8.15. The van der Waals surface area contributed by atoms with Crippen molar-refractivity contribution in [2.24, 2.45) is 11.3 Å². The number of nitrogens with zero attached hydrogens (tertiary/aromatic N) is 1. The van der Waals surface area contributed by atoms with Crippen LogP contribution in [0.5, 0.6) is 0 Å². The molecule has 22 heavy (non-hydrogen) atoms. The van der Waals surface area contributed by atoms with Gasteiger partial charge in [-0.25, -0.2) is 4.79 Å². The van der Waals surface area contributed by atoms with Gasteiger partial charge in [0.25, 0.3) is 5.91 Å². The predicted octanol–water partition coefficient (Wildman–Crippen LogP) is 1.89. The molecule has 124 valence electrons. The van der Waals surface area contributed by atoms with E-state index in [2.05, 4.69) is 26.1 Å². The lowest BCUT2D eigenvalue weighted by Gasteiger charge is -2.43. The zero-order chi connectivity index (χ0) is 16.0. The summed E-state index contributed by atoms with van der Waals surface area (Å²) in [5, 5.41) is 3.00. The van der Waals surface area contributed by atoms with Gasteiger partial charge in [-0.15, -0.1) is 0 Å². The highest BCUT2D eigenvalue weighted by molar-refractivity contribution is 6.07. The SMILES string of the molecule is C[C@@H]1CC(C)(C)C[C@]2(C1)NC(=O)N(C[C@@H]1CCOCO1)C2=O. The van der Waals surface area contributed by atoms with Gasteiger partial charge < -0.3 is 14.8 Å². The van der Waals surface area contributed by atoms with Gasteiger partial charge in [0.1, 0.15) is 12.3 Å². The van der Waals surface area contributed by atoms with Crippen molar-refractivity contribution in [3.63, 3.8) is 0 Å². The van der Waals surface area contributed by atoms with Gasteiger partial charge in [0, 0.05) is 0 Å². The van der Waals surface area contributed by atoms with Crippen LogP contribution in [0.1, 0.15) is 46.5 Å². The topological polar surface area (TPSA) is 67.9 Å². The second-order valence-electron chi connectivity index (χ2n) is 7.89. The summed E-state index contributed by atoms with van der Waals surface area (Å²) in [7, 11) is 0. The average molecular weight is 310 g/mol. The molecule has 1 saturated carbocycles. The van der Waals surface area contributed by atoms with Gasteiger partial charge in [0.2, 0.25) is 0 Å². The molecule has 0 aromatic heterocycles. The summed E-state index contributed by atoms with van der Waals surface area (Å²) in [5.74, 6) is 0.347. The van der Waals surface area contributed by atoms with E-state index in [4.69, 9.17) is 9.47 Å². The van der Waals surface area contributed by atoms with Gasteiger partial charge in [-0.2, -0.15) is 0 Å². The van der Waals surface area contributed by atoms with Crippen LogP contribution >= 0.6 is 0 Å². The minimum Gasteiger partial charge on any atom is -0.355 e. The molecule has 3 aliphatic rings. The summed E-state index contributed by atoms with van der Waals surface area (Å²) in [4.78, 5) is 26.7. The van der Waals surface area contributed by atoms with Crippen LogP contribution in [0.25, 0.3) is 0 Å². The highest BCUT2D eigenvalue weighted by atomic mass is 16.7. The van der Waals surface area contributed by atoms with Gasteiger partial charge in [-0.05, 0) is 37.0 Å². The summed E-state index contributed by atoms with van der Waals surface area (Å²) >= 11 is 0. The van der Waals surface area contributed by atoms with Crippen molar-refractivity contribution < 1.29 is 19.1 Å². The van der Waals surface area contributed by atoms with Crippen LogP contribution < -0.4 is 5.32 Å². The molecule has 3 rings (SSSR count). The summed E-state index contributed by atoms with van der Waals surface area (Å²) in [5.41, 5.74) is -0.658. The van der Waals surface area contributed by atoms with E-state index in [-0.39, 0.29) is 30.3 Å². The van der Waals surface area contributed by atoms with Crippen LogP contribution in [0.4, 0.5) is 4.79 Å². The quantitative estimate of drug-likeness (QED) is 0.791. The van der Waals surface area contributed by atoms with E-state index < -0.39 is 5.54 Å². The Kier molecular flexibility index (Phi) is 3.93. The van der Waals surface area contributed by atoms with Crippen LogP contribution in [-0.2, 0) is 14.3 Å². The van der Waals surface area contributed by atoms with Crippen molar-refractivity contribution in [3.05, 3.63) is 0 Å². The zero-order valence-corrected chi connectivity index (χ0v) is 13.7. The minimum atomic E-state index is -0.719. The maximum atomic E-state index is 13.0. The molecule has 1 N–H and O–H groups in total. The van der Waals surface area contributed by atoms with E-state index in [0.717, 1.165) is 12.8 Å². The Bertz CT molecular complexity index is 473. The molecular formula is C16H26N2O4. The Morgan fingerprint density at radius 1 is 1.32 bits per heavy atom. The average Bonchev–Trinajstić information content (AvgIpc) is 2.61. The van der Waals surface area contributed by atoms with Gasteiger partial charge >= 0.3 is 6.03 Å². The molecule has 6 nitrogen and oxygen atoms in total. The van der Waals surface area contributed by atoms with Crippen molar-refractivity contribution in [2.75, 3.05) is 19.9 Å². The Balaban J connectivity index is 1.75. The highest BCUT2D eigenvalue weighted by Crippen LogP contribution is 2.46. The number of imide groups is 1. The molecule has 2 heterocycles. The summed E-state index contributed by atoms with van der Waals surface area (Å²) in [6, 6.07) is -0.273. The number of hydrogen-bond donors (Lipinski definition) is 1. The van der Waals surface area contributed by atoms with Crippen molar-refractivity contribution in [1.29, 1.82) is 0 Å². The van der Waals surface area contributed by atoms with Crippen molar-refractivity contribution in [1.82, 2.24) is 10.2 Å². The maximum absolute atomic E-state index is 13.0. The van der Waals surface area contributed by atoms with Crippen molar-refractivity contribution in [2.45, 2.75) is 58.1 Å². The maximum Gasteiger partial charge on any atom is 0.325 e. The monoisotopic (exact) mass is 310 g/mol. The number of rotatable bonds is 2. The largest absolute Gasteiger partial charge is 0.355 e. The van der Waals surface area contributed by atoms with E-state index in [1.54, 1.807) is 0 Å². The second kappa shape index (κ2) is 5.49. The second-order valence-corrected chi connectivity index (χ2v) is 7.89. The molecule has 3 fully saturated rings. The van der Waals surface area contributed by atoms with Crippen LogP contribution in [-0.4, -0.2) is 48.4 Å². The zero-order valence-electron chi connectivity index (χ0n) is 13.7. The van der Waals surface area contributed by atoms with Gasteiger partial charge in [-0.3, -0.25) is 9.69 Å². The van der Waals surface area contributed by atoms with E-state index in [9.17, 15) is 9.59 Å². The Morgan fingerprint density at radius 2 is 2.09 bits per heavy atom. The smallest absolute Gasteiger partial charge is 0.325 e. The van der Waals surface area contributed by atoms with E-state index in [1.807, 2.05) is 0 Å². The number of ether oxygens (including phenoxy) is 2. The van der Waals surface area contributed by atoms with Gasteiger partial charge in [-0.1, -0.05) is 20.8 Å². The third-order valence-electron chi connectivity index (χ3n) is 4.98. The van der Waals surface area contributed by atoms with Crippen LogP contribution in [0.3, 0.4) is 0 Å². The van der Waals surface area contributed by atoms with Crippen molar-refractivity contribution >= 4 is 11.9 Å². The highest BCUT2D eigenvalue weighted by Gasteiger charge is 2.56. The number of carbonyl (C=O) groups excluding carboxylic acids is 2. The first-order chi connectivity index (χ1) is 10.3. The predicted molar refractivity (Wildman–Crippen MR) is 80.1 cm³/mol. The van der Waals surface area contributed by atoms with Gasteiger partial charge in [0.05, 0.1) is 19.3 Å². The molecule has 2 saturated heterocycles. The third-order valence-corrected chi connectivity index (χ3v) is 4.98. The number of nitrogens with one attached hydrogen (secondary N) is 1. The Labute approximate surface area is 131 Å². The molecule has 3 atom stereocenters. The first kappa shape index (κ1) is 15.7. The lowest BCUT2D eigenvalue weighted by Crippen LogP contribution is -2.54. The van der Waals surface area contributed by atoms with Crippen LogP contribution in [0.2, 0.25) is 0 Å². The summed E-state index contributed by atoms with van der Waals surface area (Å²) in [6.45, 7) is 7.69. The number of hydrogen-bond acceptors (Lipinski definition) is 4. The normalized spacial score (nSPS) is 38.4. The fourth-order valence-electron chi connectivity index (χ4n) is 4.52. The summed E-state index contributed by atoms with van der Waals surface area (Å²) < 4.78 is 10.6. The molecule has 1 spiro atoms. The van der Waals surface area contributed by atoms with E-state index >= 15 is 0 Å². The van der Waals surface area contributed by atoms with Crippen LogP contribution in [0.15, 0.2) is 0 Å². The lowest BCUT2D eigenvalue weighted by molar-refractivity contribution is -0.151. The van der Waals surface area contributed by atoms with E-state index in [1.165, 1.54) is 4.90 Å². The first-order valence-electron chi connectivity index (χ1n) is 8.15. The van der Waals surface area contributed by atoms with E-state index in [0.29, 0.717) is 31.9 Å².